The zero-order chi connectivity index (χ0) is 29.8. The fraction of sp³-hybridized carbons (Fsp3) is 0.655. The minimum absolute atomic E-state index is 0.0103. The summed E-state index contributed by atoms with van der Waals surface area (Å²) in [6, 6.07) is 5.01. The van der Waals surface area contributed by atoms with Gasteiger partial charge in [0.2, 0.25) is 11.8 Å². The van der Waals surface area contributed by atoms with Crippen molar-refractivity contribution in [1.29, 1.82) is 0 Å². The van der Waals surface area contributed by atoms with E-state index in [-0.39, 0.29) is 31.4 Å². The van der Waals surface area contributed by atoms with Crippen molar-refractivity contribution in [1.82, 2.24) is 15.5 Å². The lowest BCUT2D eigenvalue weighted by Gasteiger charge is -2.39. The van der Waals surface area contributed by atoms with Gasteiger partial charge in [-0.1, -0.05) is 38.1 Å². The Hall–Kier alpha value is -2.75. The van der Waals surface area contributed by atoms with Gasteiger partial charge in [0.05, 0.1) is 13.0 Å². The van der Waals surface area contributed by atoms with Crippen molar-refractivity contribution >= 4 is 36.5 Å². The van der Waals surface area contributed by atoms with E-state index in [0.717, 1.165) is 12.0 Å². The molecule has 0 bridgehead atoms. The van der Waals surface area contributed by atoms with Crippen LogP contribution in [0.2, 0.25) is 0 Å². The summed E-state index contributed by atoms with van der Waals surface area (Å²) in [6.45, 7) is 15.2. The molecule has 0 aliphatic rings. The van der Waals surface area contributed by atoms with Crippen LogP contribution >= 0.6 is 12.6 Å². The molecule has 220 valence electrons. The number of carbonyl (C=O) groups excluding carboxylic acids is 4. The van der Waals surface area contributed by atoms with Crippen molar-refractivity contribution in [3.63, 3.8) is 0 Å². The molecule has 9 nitrogen and oxygen atoms in total. The molecule has 1 rings (SSSR count). The topological polar surface area (TPSA) is 114 Å². The molecule has 3 atom stereocenters. The third-order valence-corrected chi connectivity index (χ3v) is 6.37. The highest BCUT2D eigenvalue weighted by Crippen LogP contribution is 2.29. The second kappa shape index (κ2) is 16.4. The third kappa shape index (κ3) is 11.9. The smallest absolute Gasteiger partial charge is 0.408 e. The van der Waals surface area contributed by atoms with Gasteiger partial charge in [-0.05, 0) is 71.4 Å². The number of hydrogen-bond donors (Lipinski definition) is 3. The summed E-state index contributed by atoms with van der Waals surface area (Å²) in [5.74, 6) is -0.883. The molecule has 0 aliphatic heterocycles. The maximum Gasteiger partial charge on any atom is 0.408 e. The normalized spacial score (nSPS) is 13.7. The molecule has 0 fully saturated rings. The molecule has 0 radical (unpaired) electrons. The number of amides is 3. The third-order valence-electron chi connectivity index (χ3n) is 6.01. The van der Waals surface area contributed by atoms with E-state index in [2.05, 4.69) is 37.1 Å². The Morgan fingerprint density at radius 2 is 1.69 bits per heavy atom. The molecular formula is C29H47N3O6S. The van der Waals surface area contributed by atoms with Crippen LogP contribution in [0.5, 0.6) is 0 Å². The van der Waals surface area contributed by atoms with Gasteiger partial charge in [0.25, 0.3) is 0 Å². The van der Waals surface area contributed by atoms with E-state index in [1.54, 1.807) is 32.6 Å². The van der Waals surface area contributed by atoms with Crippen molar-refractivity contribution in [2.45, 2.75) is 98.4 Å². The van der Waals surface area contributed by atoms with Gasteiger partial charge in [0.15, 0.2) is 0 Å². The van der Waals surface area contributed by atoms with Crippen LogP contribution in [0.15, 0.2) is 24.3 Å². The van der Waals surface area contributed by atoms with Gasteiger partial charge in [-0.2, -0.15) is 12.6 Å². The molecule has 0 heterocycles. The first-order valence-electron chi connectivity index (χ1n) is 13.6. The van der Waals surface area contributed by atoms with Crippen LogP contribution in [0.25, 0.3) is 0 Å². The van der Waals surface area contributed by atoms with Crippen LogP contribution in [-0.2, 0) is 23.9 Å². The number of hydrogen-bond acceptors (Lipinski definition) is 7. The van der Waals surface area contributed by atoms with Crippen molar-refractivity contribution in [3.05, 3.63) is 35.4 Å². The predicted molar refractivity (Wildman–Crippen MR) is 156 cm³/mol. The Balaban J connectivity index is 3.47. The minimum Gasteiger partial charge on any atom is -0.466 e. The maximum absolute atomic E-state index is 14.1. The van der Waals surface area contributed by atoms with Gasteiger partial charge in [0.1, 0.15) is 17.7 Å². The molecule has 1 aromatic carbocycles. The monoisotopic (exact) mass is 565 g/mol. The van der Waals surface area contributed by atoms with Crippen molar-refractivity contribution in [2.24, 2.45) is 5.92 Å². The summed E-state index contributed by atoms with van der Waals surface area (Å²) in [5, 5.41) is 5.45. The number of rotatable bonds is 14. The predicted octanol–water partition coefficient (Wildman–Crippen LogP) is 4.58. The van der Waals surface area contributed by atoms with Gasteiger partial charge in [0, 0.05) is 18.3 Å². The molecule has 3 amide bonds. The van der Waals surface area contributed by atoms with E-state index >= 15 is 0 Å². The number of nitrogens with one attached hydrogen (secondary N) is 2. The average Bonchev–Trinajstić information content (AvgIpc) is 2.83. The zero-order valence-electron chi connectivity index (χ0n) is 24.7. The molecule has 10 heteroatoms. The number of ether oxygens (including phenoxy) is 2. The van der Waals surface area contributed by atoms with Crippen LogP contribution in [0.1, 0.15) is 84.9 Å². The summed E-state index contributed by atoms with van der Waals surface area (Å²) in [7, 11) is 0. The standard InChI is InChI=1S/C29H47N3O6S/c1-9-37-24(33)16-17-30-26(34)25(22-13-11-10-12-20(22)4)32(21(5)15-14-19(2)3)27(35)23(18-39)31-28(36)38-29(6,7)8/h10-13,19,21,23,25,39H,9,14-18H2,1-8H3,(H,30,34)(H,31,36). The quantitative estimate of drug-likeness (QED) is 0.225. The molecule has 0 spiro atoms. The molecule has 39 heavy (non-hydrogen) atoms. The highest BCUT2D eigenvalue weighted by molar-refractivity contribution is 7.80. The second-order valence-corrected chi connectivity index (χ2v) is 11.4. The Morgan fingerprint density at radius 3 is 2.23 bits per heavy atom. The number of thiol groups is 1. The number of benzene rings is 1. The SMILES string of the molecule is CCOC(=O)CCNC(=O)C(c1ccccc1C)N(C(=O)C(CS)NC(=O)OC(C)(C)C)C(C)CCC(C)C. The fourth-order valence-corrected chi connectivity index (χ4v) is 4.30. The fourth-order valence-electron chi connectivity index (χ4n) is 4.06. The van der Waals surface area contributed by atoms with E-state index in [1.165, 1.54) is 0 Å². The Bertz CT molecular complexity index is 963. The lowest BCUT2D eigenvalue weighted by atomic mass is 9.95. The summed E-state index contributed by atoms with van der Waals surface area (Å²) < 4.78 is 10.3. The molecule has 0 saturated carbocycles. The maximum atomic E-state index is 14.1. The average molecular weight is 566 g/mol. The van der Waals surface area contributed by atoms with Crippen LogP contribution in [0.4, 0.5) is 4.79 Å². The lowest BCUT2D eigenvalue weighted by molar-refractivity contribution is -0.145. The van der Waals surface area contributed by atoms with Gasteiger partial charge in [-0.15, -0.1) is 0 Å². The summed E-state index contributed by atoms with van der Waals surface area (Å²) in [6.07, 6.45) is 0.751. The van der Waals surface area contributed by atoms with Gasteiger partial charge in [-0.25, -0.2) is 4.79 Å². The minimum atomic E-state index is -1.02. The molecule has 3 unspecified atom stereocenters. The van der Waals surface area contributed by atoms with E-state index in [9.17, 15) is 19.2 Å². The highest BCUT2D eigenvalue weighted by Gasteiger charge is 2.39. The molecule has 0 saturated heterocycles. The van der Waals surface area contributed by atoms with E-state index < -0.39 is 41.6 Å². The van der Waals surface area contributed by atoms with Gasteiger partial charge in [-0.3, -0.25) is 14.4 Å². The van der Waals surface area contributed by atoms with E-state index in [4.69, 9.17) is 9.47 Å². The van der Waals surface area contributed by atoms with Gasteiger partial charge < -0.3 is 25.0 Å². The highest BCUT2D eigenvalue weighted by atomic mass is 32.1. The first-order valence-corrected chi connectivity index (χ1v) is 14.3. The van der Waals surface area contributed by atoms with Crippen molar-refractivity contribution in [2.75, 3.05) is 18.9 Å². The lowest BCUT2D eigenvalue weighted by Crippen LogP contribution is -2.56. The van der Waals surface area contributed by atoms with Crippen molar-refractivity contribution in [3.8, 4) is 0 Å². The first-order chi connectivity index (χ1) is 18.2. The van der Waals surface area contributed by atoms with E-state index in [1.807, 2.05) is 38.1 Å². The summed E-state index contributed by atoms with van der Waals surface area (Å²) >= 11 is 4.35. The number of nitrogens with zero attached hydrogens (tertiary/aromatic N) is 1. The second-order valence-electron chi connectivity index (χ2n) is 11.1. The number of alkyl carbamates (subject to hydrolysis) is 1. The Labute approximate surface area is 239 Å². The first kappa shape index (κ1) is 34.3. The summed E-state index contributed by atoms with van der Waals surface area (Å²) in [5.41, 5.74) is 0.742. The van der Waals surface area contributed by atoms with Crippen LogP contribution in [0.3, 0.4) is 0 Å². The molecule has 1 aromatic rings. The number of aryl methyl sites for hydroxylation is 1. The van der Waals surface area contributed by atoms with Crippen LogP contribution in [-0.4, -0.2) is 65.4 Å². The van der Waals surface area contributed by atoms with Crippen LogP contribution < -0.4 is 10.6 Å². The summed E-state index contributed by atoms with van der Waals surface area (Å²) in [4.78, 5) is 53.8. The zero-order valence-corrected chi connectivity index (χ0v) is 25.6. The molecule has 0 aliphatic carbocycles. The van der Waals surface area contributed by atoms with Crippen molar-refractivity contribution < 1.29 is 28.7 Å². The van der Waals surface area contributed by atoms with Crippen LogP contribution in [0, 0.1) is 12.8 Å². The van der Waals surface area contributed by atoms with E-state index in [0.29, 0.717) is 17.9 Å². The Morgan fingerprint density at radius 1 is 1.05 bits per heavy atom. The van der Waals surface area contributed by atoms with Gasteiger partial charge >= 0.3 is 12.1 Å². The number of carbonyl (C=O) groups is 4. The largest absolute Gasteiger partial charge is 0.466 e. The Kier molecular flexibility index (Phi) is 14.4. The molecular weight excluding hydrogens is 518 g/mol. The molecule has 0 aromatic heterocycles. The molecule has 2 N–H and O–H groups in total. The number of esters is 1.